The maximum absolute atomic E-state index is 10.6. The Morgan fingerprint density at radius 3 is 2.70 bits per heavy atom. The van der Waals surface area contributed by atoms with E-state index in [0.717, 1.165) is 18.3 Å². The Balaban J connectivity index is 1.66. The third-order valence-corrected chi connectivity index (χ3v) is 5.91. The summed E-state index contributed by atoms with van der Waals surface area (Å²) in [5, 5.41) is 10.6. The minimum atomic E-state index is -0.748. The number of fused-ring (bicyclic) bond motifs is 1. The van der Waals surface area contributed by atoms with Crippen LogP contribution in [0.3, 0.4) is 0 Å². The summed E-state index contributed by atoms with van der Waals surface area (Å²) >= 11 is 0. The van der Waals surface area contributed by atoms with Crippen molar-refractivity contribution < 1.29 is 14.6 Å². The number of hydrogen-bond donors (Lipinski definition) is 1. The molecule has 0 aromatic heterocycles. The first-order chi connectivity index (χ1) is 11.1. The topological polar surface area (TPSA) is 38.7 Å². The highest BCUT2D eigenvalue weighted by Gasteiger charge is 2.40. The minimum absolute atomic E-state index is 0.125. The molecule has 0 radical (unpaired) electrons. The molecule has 1 aromatic rings. The van der Waals surface area contributed by atoms with Crippen LogP contribution in [0.25, 0.3) is 0 Å². The van der Waals surface area contributed by atoms with Gasteiger partial charge in [0.25, 0.3) is 0 Å². The van der Waals surface area contributed by atoms with Crippen molar-refractivity contribution in [2.75, 3.05) is 6.61 Å². The van der Waals surface area contributed by atoms with Crippen molar-refractivity contribution in [2.45, 2.75) is 58.3 Å². The van der Waals surface area contributed by atoms with E-state index in [1.54, 1.807) is 0 Å². The summed E-state index contributed by atoms with van der Waals surface area (Å²) in [5.74, 6) is 2.67. The van der Waals surface area contributed by atoms with Crippen LogP contribution in [-0.2, 0) is 4.74 Å². The Labute approximate surface area is 140 Å². The van der Waals surface area contributed by atoms with Crippen molar-refractivity contribution in [3.63, 3.8) is 0 Å². The highest BCUT2D eigenvalue weighted by Crippen LogP contribution is 2.44. The molecule has 0 spiro atoms. The van der Waals surface area contributed by atoms with Crippen molar-refractivity contribution in [1.29, 1.82) is 0 Å². The monoisotopic (exact) mass is 318 g/mol. The Bertz CT molecular complexity index is 475. The van der Waals surface area contributed by atoms with Gasteiger partial charge in [0.05, 0.1) is 12.7 Å². The van der Waals surface area contributed by atoms with E-state index in [4.69, 9.17) is 9.47 Å². The maximum Gasteiger partial charge on any atom is 0.200 e. The van der Waals surface area contributed by atoms with Crippen molar-refractivity contribution in [3.05, 3.63) is 30.3 Å². The molecule has 2 aliphatic rings. The van der Waals surface area contributed by atoms with Gasteiger partial charge in [0.1, 0.15) is 5.75 Å². The van der Waals surface area contributed by atoms with Gasteiger partial charge in [-0.15, -0.1) is 0 Å². The Morgan fingerprint density at radius 1 is 1.13 bits per heavy atom. The van der Waals surface area contributed by atoms with E-state index < -0.39 is 6.29 Å². The van der Waals surface area contributed by atoms with Crippen LogP contribution in [0.4, 0.5) is 0 Å². The van der Waals surface area contributed by atoms with Crippen LogP contribution < -0.4 is 4.74 Å². The molecule has 3 nitrogen and oxygen atoms in total. The molecule has 0 bridgehead atoms. The lowest BCUT2D eigenvalue weighted by molar-refractivity contribution is -0.0997. The van der Waals surface area contributed by atoms with Crippen LogP contribution in [0.1, 0.15) is 46.0 Å². The van der Waals surface area contributed by atoms with E-state index in [1.807, 2.05) is 30.3 Å². The quantitative estimate of drug-likeness (QED) is 0.843. The minimum Gasteiger partial charge on any atom is -0.465 e. The van der Waals surface area contributed by atoms with E-state index >= 15 is 0 Å². The lowest BCUT2D eigenvalue weighted by Gasteiger charge is -2.41. The normalized spacial score (nSPS) is 34.0. The summed E-state index contributed by atoms with van der Waals surface area (Å²) in [4.78, 5) is 0. The maximum atomic E-state index is 10.6. The molecule has 1 saturated heterocycles. The number of aliphatic hydroxyl groups is 1. The molecule has 6 unspecified atom stereocenters. The average molecular weight is 318 g/mol. The van der Waals surface area contributed by atoms with Gasteiger partial charge < -0.3 is 14.6 Å². The van der Waals surface area contributed by atoms with Crippen molar-refractivity contribution >= 4 is 0 Å². The largest absolute Gasteiger partial charge is 0.465 e. The Kier molecular flexibility index (Phi) is 5.60. The standard InChI is InChI=1S/C20H30O3/c1-14-11-12-16-7-6-10-18(19(16)13-22-14)15(2)20(21)23-17-8-4-3-5-9-17/h3-5,8-9,14-16,18-21H,6-7,10-13H2,1-2H3. The zero-order chi connectivity index (χ0) is 16.2. The van der Waals surface area contributed by atoms with Crippen LogP contribution in [0.15, 0.2) is 30.3 Å². The van der Waals surface area contributed by atoms with E-state index in [2.05, 4.69) is 13.8 Å². The third kappa shape index (κ3) is 4.07. The number of rotatable bonds is 4. The van der Waals surface area contributed by atoms with Crippen molar-refractivity contribution in [1.82, 2.24) is 0 Å². The third-order valence-electron chi connectivity index (χ3n) is 5.91. The number of para-hydroxylation sites is 1. The number of hydrogen-bond acceptors (Lipinski definition) is 3. The summed E-state index contributed by atoms with van der Waals surface area (Å²) in [6, 6.07) is 9.62. The fraction of sp³-hybridized carbons (Fsp3) is 0.700. The molecule has 128 valence electrons. The molecule has 1 N–H and O–H groups in total. The van der Waals surface area contributed by atoms with Gasteiger partial charge in [-0.1, -0.05) is 38.0 Å². The van der Waals surface area contributed by atoms with Crippen LogP contribution >= 0.6 is 0 Å². The smallest absolute Gasteiger partial charge is 0.200 e. The molecule has 1 saturated carbocycles. The zero-order valence-electron chi connectivity index (χ0n) is 14.4. The Morgan fingerprint density at radius 2 is 1.91 bits per heavy atom. The van der Waals surface area contributed by atoms with Gasteiger partial charge in [-0.3, -0.25) is 0 Å². The van der Waals surface area contributed by atoms with Gasteiger partial charge in [0.2, 0.25) is 0 Å². The summed E-state index contributed by atoms with van der Waals surface area (Å²) in [6.45, 7) is 5.16. The molecule has 23 heavy (non-hydrogen) atoms. The first-order valence-electron chi connectivity index (χ1n) is 9.16. The van der Waals surface area contributed by atoms with Crippen LogP contribution in [-0.4, -0.2) is 24.1 Å². The molecule has 1 aromatic carbocycles. The van der Waals surface area contributed by atoms with Gasteiger partial charge in [0.15, 0.2) is 6.29 Å². The first kappa shape index (κ1) is 16.8. The van der Waals surface area contributed by atoms with Gasteiger partial charge in [-0.2, -0.15) is 0 Å². The number of ether oxygens (including phenoxy) is 2. The fourth-order valence-corrected chi connectivity index (χ4v) is 4.43. The van der Waals surface area contributed by atoms with E-state index in [-0.39, 0.29) is 5.92 Å². The second kappa shape index (κ2) is 7.67. The first-order valence-corrected chi connectivity index (χ1v) is 9.16. The molecule has 3 rings (SSSR count). The average Bonchev–Trinajstić information content (AvgIpc) is 2.77. The molecule has 1 heterocycles. The number of benzene rings is 1. The van der Waals surface area contributed by atoms with Crippen LogP contribution in [0.2, 0.25) is 0 Å². The molecule has 1 aliphatic heterocycles. The van der Waals surface area contributed by atoms with E-state index in [0.29, 0.717) is 17.9 Å². The predicted molar refractivity (Wildman–Crippen MR) is 91.2 cm³/mol. The molecular weight excluding hydrogens is 288 g/mol. The zero-order valence-corrected chi connectivity index (χ0v) is 14.4. The molecular formula is C20H30O3. The summed E-state index contributed by atoms with van der Waals surface area (Å²) in [5.41, 5.74) is 0. The van der Waals surface area contributed by atoms with E-state index in [1.165, 1.54) is 32.1 Å². The van der Waals surface area contributed by atoms with Crippen LogP contribution in [0.5, 0.6) is 5.75 Å². The molecule has 1 aliphatic carbocycles. The number of aliphatic hydroxyl groups excluding tert-OH is 1. The van der Waals surface area contributed by atoms with Crippen molar-refractivity contribution in [3.8, 4) is 5.75 Å². The lowest BCUT2D eigenvalue weighted by Crippen LogP contribution is -2.40. The SMILES string of the molecule is CC1CCC2CCCC(C(C)C(O)Oc3ccccc3)C2CO1. The summed E-state index contributed by atoms with van der Waals surface area (Å²) in [6.07, 6.45) is 5.83. The lowest BCUT2D eigenvalue weighted by atomic mass is 9.66. The van der Waals surface area contributed by atoms with E-state index in [9.17, 15) is 5.11 Å². The summed E-state index contributed by atoms with van der Waals surface area (Å²) < 4.78 is 11.8. The molecule has 0 amide bonds. The van der Waals surface area contributed by atoms with Gasteiger partial charge >= 0.3 is 0 Å². The second-order valence-corrected chi connectivity index (χ2v) is 7.42. The predicted octanol–water partition coefficient (Wildman–Crippen LogP) is 4.25. The van der Waals surface area contributed by atoms with Crippen molar-refractivity contribution in [2.24, 2.45) is 23.7 Å². The molecule has 6 atom stereocenters. The van der Waals surface area contributed by atoms with Crippen LogP contribution in [0, 0.1) is 23.7 Å². The highest BCUT2D eigenvalue weighted by atomic mass is 16.6. The van der Waals surface area contributed by atoms with Gasteiger partial charge in [0, 0.05) is 5.92 Å². The Hall–Kier alpha value is -1.06. The van der Waals surface area contributed by atoms with Gasteiger partial charge in [-0.05, 0) is 56.1 Å². The second-order valence-electron chi connectivity index (χ2n) is 7.42. The van der Waals surface area contributed by atoms with Gasteiger partial charge in [-0.25, -0.2) is 0 Å². The highest BCUT2D eigenvalue weighted by molar-refractivity contribution is 5.21. The molecule has 3 heteroatoms. The summed E-state index contributed by atoms with van der Waals surface area (Å²) in [7, 11) is 0. The molecule has 2 fully saturated rings. The fourth-order valence-electron chi connectivity index (χ4n) is 4.43.